The van der Waals surface area contributed by atoms with Gasteiger partial charge in [-0.15, -0.1) is 0 Å². The summed E-state index contributed by atoms with van der Waals surface area (Å²) in [5.74, 6) is 0. The highest BCUT2D eigenvalue weighted by Crippen LogP contribution is 2.17. The lowest BCUT2D eigenvalue weighted by molar-refractivity contribution is 1.65. The molecule has 0 bridgehead atoms. The van der Waals surface area contributed by atoms with Crippen LogP contribution in [0.3, 0.4) is 0 Å². The van der Waals surface area contributed by atoms with Gasteiger partial charge >= 0.3 is 0 Å². The quantitative estimate of drug-likeness (QED) is 0.752. The van der Waals surface area contributed by atoms with E-state index >= 15 is 0 Å². The van der Waals surface area contributed by atoms with E-state index in [-0.39, 0.29) is 0 Å². The van der Waals surface area contributed by atoms with Crippen molar-refractivity contribution >= 4 is 28.0 Å². The van der Waals surface area contributed by atoms with Gasteiger partial charge < -0.3 is 0 Å². The minimum Gasteiger partial charge on any atom is -0.0682 e. The van der Waals surface area contributed by atoms with Crippen LogP contribution in [0.15, 0.2) is 48.5 Å². The highest BCUT2D eigenvalue weighted by Gasteiger charge is 2.05. The van der Waals surface area contributed by atoms with Crippen LogP contribution in [-0.2, 0) is 0 Å². The zero-order valence-corrected chi connectivity index (χ0v) is 14.1. The van der Waals surface area contributed by atoms with Gasteiger partial charge in [0.15, 0.2) is 0 Å². The van der Waals surface area contributed by atoms with E-state index < -0.39 is 17.6 Å². The molecule has 2 rings (SSSR count). The van der Waals surface area contributed by atoms with Crippen LogP contribution in [0.2, 0.25) is 26.2 Å². The van der Waals surface area contributed by atoms with Crippen molar-refractivity contribution in [3.63, 3.8) is 0 Å². The second-order valence-corrected chi connectivity index (χ2v) is 11.5. The Bertz CT molecular complexity index is 481. The van der Waals surface area contributed by atoms with Gasteiger partial charge in [0.2, 0.25) is 0 Å². The summed E-state index contributed by atoms with van der Waals surface area (Å²) in [6, 6.07) is 18.2. The fourth-order valence-electron chi connectivity index (χ4n) is 2.15. The number of hydrogen-bond donors (Lipinski definition) is 0. The Balaban J connectivity index is 2.42. The summed E-state index contributed by atoms with van der Waals surface area (Å²) in [5.41, 5.74) is 2.76. The largest absolute Gasteiger partial charge is 0.0682 e. The molecule has 0 nitrogen and oxygen atoms in total. The molecule has 2 aromatic carbocycles. The first-order valence-corrected chi connectivity index (χ1v) is 12.6. The van der Waals surface area contributed by atoms with Gasteiger partial charge in [-0.25, -0.2) is 0 Å². The van der Waals surface area contributed by atoms with Crippen LogP contribution in [0.5, 0.6) is 0 Å². The molecule has 0 heterocycles. The highest BCUT2D eigenvalue weighted by atomic mass is 28.3. The van der Waals surface area contributed by atoms with Gasteiger partial charge in [0.25, 0.3) is 0 Å². The molecular formula is C16H22Si2. The molecule has 0 aliphatic heterocycles. The summed E-state index contributed by atoms with van der Waals surface area (Å²) in [6.45, 7) is 9.54. The van der Waals surface area contributed by atoms with Crippen LogP contribution in [0.25, 0.3) is 11.1 Å². The fraction of sp³-hybridized carbons (Fsp3) is 0.250. The summed E-state index contributed by atoms with van der Waals surface area (Å²) in [7, 11) is -1.41. The zero-order valence-electron chi connectivity index (χ0n) is 11.8. The summed E-state index contributed by atoms with van der Waals surface area (Å²) < 4.78 is 0. The predicted octanol–water partition coefficient (Wildman–Crippen LogP) is 2.74. The third kappa shape index (κ3) is 3.00. The molecule has 0 saturated heterocycles. The average molecular weight is 271 g/mol. The van der Waals surface area contributed by atoms with Crippen molar-refractivity contribution in [1.29, 1.82) is 0 Å². The van der Waals surface area contributed by atoms with Gasteiger partial charge in [-0.1, -0.05) is 85.1 Å². The normalized spacial score (nSPS) is 11.2. The Hall–Kier alpha value is -1.13. The molecule has 0 saturated carbocycles. The van der Waals surface area contributed by atoms with Crippen LogP contribution >= 0.6 is 0 Å². The van der Waals surface area contributed by atoms with Crippen LogP contribution in [0.4, 0.5) is 0 Å². The summed E-state index contributed by atoms with van der Waals surface area (Å²) in [4.78, 5) is 0. The topological polar surface area (TPSA) is 0 Å². The van der Waals surface area contributed by atoms with Crippen molar-refractivity contribution in [3.05, 3.63) is 48.5 Å². The summed E-state index contributed by atoms with van der Waals surface area (Å²) in [6.07, 6.45) is 0. The SMILES string of the molecule is C[SiH](C)c1cccc(-c2cccc([SiH](C)C)c2)c1. The van der Waals surface area contributed by atoms with Crippen molar-refractivity contribution in [1.82, 2.24) is 0 Å². The lowest BCUT2D eigenvalue weighted by atomic mass is 10.1. The average Bonchev–Trinajstić information content (AvgIpc) is 2.39. The van der Waals surface area contributed by atoms with Crippen molar-refractivity contribution in [2.75, 3.05) is 0 Å². The molecule has 18 heavy (non-hydrogen) atoms. The molecule has 0 aliphatic rings. The summed E-state index contributed by atoms with van der Waals surface area (Å²) >= 11 is 0. The van der Waals surface area contributed by atoms with E-state index in [1.165, 1.54) is 11.1 Å². The Labute approximate surface area is 114 Å². The molecule has 0 fully saturated rings. The molecule has 0 unspecified atom stereocenters. The molecule has 0 aromatic heterocycles. The molecule has 2 heteroatoms. The van der Waals surface area contributed by atoms with E-state index in [0.29, 0.717) is 0 Å². The van der Waals surface area contributed by atoms with Crippen molar-refractivity contribution in [2.24, 2.45) is 0 Å². The lowest BCUT2D eigenvalue weighted by Gasteiger charge is -2.10. The smallest absolute Gasteiger partial charge is 0.0647 e. The van der Waals surface area contributed by atoms with Gasteiger partial charge in [0.05, 0.1) is 17.6 Å². The second-order valence-electron chi connectivity index (χ2n) is 5.56. The first-order valence-electron chi connectivity index (χ1n) is 6.78. The number of hydrogen-bond acceptors (Lipinski definition) is 0. The monoisotopic (exact) mass is 270 g/mol. The minimum absolute atomic E-state index is 0.704. The first kappa shape index (κ1) is 13.3. The molecule has 2 aromatic rings. The van der Waals surface area contributed by atoms with E-state index in [1.54, 1.807) is 10.4 Å². The van der Waals surface area contributed by atoms with Gasteiger partial charge in [-0.3, -0.25) is 0 Å². The molecule has 0 amide bonds. The minimum atomic E-state index is -0.704. The second kappa shape index (κ2) is 5.68. The van der Waals surface area contributed by atoms with E-state index in [0.717, 1.165) is 0 Å². The Morgan fingerprint density at radius 1 is 0.611 bits per heavy atom. The maximum absolute atomic E-state index is 2.39. The molecule has 94 valence electrons. The van der Waals surface area contributed by atoms with Crippen LogP contribution < -0.4 is 10.4 Å². The molecule has 0 aliphatic carbocycles. The number of rotatable bonds is 3. The van der Waals surface area contributed by atoms with Crippen molar-refractivity contribution in [3.8, 4) is 11.1 Å². The predicted molar refractivity (Wildman–Crippen MR) is 88.9 cm³/mol. The maximum Gasteiger partial charge on any atom is 0.0647 e. The third-order valence-electron chi connectivity index (χ3n) is 3.44. The van der Waals surface area contributed by atoms with Crippen molar-refractivity contribution in [2.45, 2.75) is 26.2 Å². The van der Waals surface area contributed by atoms with Gasteiger partial charge in [-0.2, -0.15) is 0 Å². The molecule has 0 atom stereocenters. The van der Waals surface area contributed by atoms with Crippen LogP contribution in [0.1, 0.15) is 0 Å². The van der Waals surface area contributed by atoms with E-state index in [9.17, 15) is 0 Å². The Morgan fingerprint density at radius 2 is 1.00 bits per heavy atom. The number of benzene rings is 2. The molecular weight excluding hydrogens is 248 g/mol. The third-order valence-corrected chi connectivity index (χ3v) is 6.82. The summed E-state index contributed by atoms with van der Waals surface area (Å²) in [5, 5.41) is 3.11. The molecule has 0 spiro atoms. The molecule has 0 radical (unpaired) electrons. The highest BCUT2D eigenvalue weighted by molar-refractivity contribution is 6.71. The van der Waals surface area contributed by atoms with Gasteiger partial charge in [0, 0.05) is 0 Å². The van der Waals surface area contributed by atoms with E-state index in [4.69, 9.17) is 0 Å². The van der Waals surface area contributed by atoms with Gasteiger partial charge in [0.1, 0.15) is 0 Å². The fourth-order valence-corrected chi connectivity index (χ4v) is 4.17. The Morgan fingerprint density at radius 3 is 1.33 bits per heavy atom. The van der Waals surface area contributed by atoms with E-state index in [2.05, 4.69) is 74.7 Å². The standard InChI is InChI=1S/C16H22Si2/c1-17(2)15-9-5-7-13(11-15)14-8-6-10-16(12-14)18(3)4/h5-12,17-18H,1-4H3. The first-order chi connectivity index (χ1) is 8.58. The van der Waals surface area contributed by atoms with Gasteiger partial charge in [-0.05, 0) is 11.1 Å². The van der Waals surface area contributed by atoms with Crippen LogP contribution in [-0.4, -0.2) is 17.6 Å². The lowest BCUT2D eigenvalue weighted by Crippen LogP contribution is -2.23. The molecule has 0 N–H and O–H groups in total. The Kier molecular flexibility index (Phi) is 4.20. The maximum atomic E-state index is 2.39. The zero-order chi connectivity index (χ0) is 13.1. The van der Waals surface area contributed by atoms with Crippen molar-refractivity contribution < 1.29 is 0 Å². The van der Waals surface area contributed by atoms with Crippen LogP contribution in [0, 0.1) is 0 Å². The van der Waals surface area contributed by atoms with E-state index in [1.807, 2.05) is 0 Å².